The molecule has 0 fully saturated rings. The quantitative estimate of drug-likeness (QED) is 0.519. The summed E-state index contributed by atoms with van der Waals surface area (Å²) < 4.78 is 6.25. The average molecular weight is 369 g/mol. The highest BCUT2D eigenvalue weighted by Crippen LogP contribution is 2.29. The minimum absolute atomic E-state index is 0.0902. The number of nitrogens with zero attached hydrogens (tertiary/aromatic N) is 2. The number of anilines is 2. The Morgan fingerprint density at radius 3 is 2.96 bits per heavy atom. The Morgan fingerprint density at radius 2 is 2.08 bits per heavy atom. The molecule has 3 aromatic rings. The maximum absolute atomic E-state index is 12.4. The Bertz CT molecular complexity index is 896. The zero-order valence-corrected chi connectivity index (χ0v) is 14.9. The van der Waals surface area contributed by atoms with Crippen LogP contribution in [0.3, 0.4) is 0 Å². The zero-order valence-electron chi connectivity index (χ0n) is 13.3. The minimum atomic E-state index is 0.0902. The number of ketones is 1. The topological polar surface area (TPSA) is 64.1 Å². The number of thioether (sulfide) groups is 1. The number of benzene rings is 2. The number of ether oxygens (including phenoxy) is 1. The standard InChI is InChI=1S/C18H15N3O2S2/c22-15(12-6-7-16-13(10-12)8-9-23-16)11-24-18-21-20-17(25-18)19-14-4-2-1-3-5-14/h1-7,10H,8-9,11H2,(H,19,20). The van der Waals surface area contributed by atoms with Crippen LogP contribution in [0.1, 0.15) is 15.9 Å². The summed E-state index contributed by atoms with van der Waals surface area (Å²) in [5.41, 5.74) is 2.80. The van der Waals surface area contributed by atoms with Crippen molar-refractivity contribution < 1.29 is 9.53 Å². The molecule has 5 nitrogen and oxygen atoms in total. The molecular weight excluding hydrogens is 354 g/mol. The van der Waals surface area contributed by atoms with Crippen molar-refractivity contribution >= 4 is 39.7 Å². The number of fused-ring (bicyclic) bond motifs is 1. The van der Waals surface area contributed by atoms with Crippen molar-refractivity contribution in [3.8, 4) is 5.75 Å². The molecule has 2 heterocycles. The van der Waals surface area contributed by atoms with Gasteiger partial charge < -0.3 is 10.1 Å². The van der Waals surface area contributed by atoms with Gasteiger partial charge in [-0.3, -0.25) is 4.79 Å². The van der Waals surface area contributed by atoms with Gasteiger partial charge in [0.15, 0.2) is 10.1 Å². The van der Waals surface area contributed by atoms with Crippen LogP contribution in [0.5, 0.6) is 5.75 Å². The van der Waals surface area contributed by atoms with E-state index in [1.54, 1.807) is 0 Å². The van der Waals surface area contributed by atoms with Gasteiger partial charge in [0.25, 0.3) is 0 Å². The number of carbonyl (C=O) groups is 1. The Hall–Kier alpha value is -2.38. The summed E-state index contributed by atoms with van der Waals surface area (Å²) in [7, 11) is 0. The van der Waals surface area contributed by atoms with Crippen LogP contribution in [0, 0.1) is 0 Å². The van der Waals surface area contributed by atoms with E-state index in [2.05, 4.69) is 15.5 Å². The molecule has 1 N–H and O–H groups in total. The molecule has 25 heavy (non-hydrogen) atoms. The second-order valence-corrected chi connectivity index (χ2v) is 7.70. The lowest BCUT2D eigenvalue weighted by Gasteiger charge is -2.02. The third-order valence-corrected chi connectivity index (χ3v) is 5.74. The molecule has 2 aromatic carbocycles. The van der Waals surface area contributed by atoms with Gasteiger partial charge in [0, 0.05) is 17.7 Å². The third kappa shape index (κ3) is 3.83. The molecular formula is C18H15N3O2S2. The molecule has 0 bridgehead atoms. The van der Waals surface area contributed by atoms with Crippen LogP contribution in [-0.4, -0.2) is 28.3 Å². The first-order valence-corrected chi connectivity index (χ1v) is 9.65. The number of rotatable bonds is 6. The Labute approximate surface area is 153 Å². The maximum atomic E-state index is 12.4. The molecule has 0 saturated carbocycles. The van der Waals surface area contributed by atoms with Crippen LogP contribution in [0.2, 0.25) is 0 Å². The van der Waals surface area contributed by atoms with E-state index in [0.717, 1.165) is 38.5 Å². The van der Waals surface area contributed by atoms with E-state index in [4.69, 9.17) is 4.74 Å². The van der Waals surface area contributed by atoms with E-state index in [0.29, 0.717) is 12.4 Å². The Kier molecular flexibility index (Phi) is 4.67. The number of hydrogen-bond acceptors (Lipinski definition) is 7. The lowest BCUT2D eigenvalue weighted by molar-refractivity contribution is 0.102. The SMILES string of the molecule is O=C(CSc1nnc(Nc2ccccc2)s1)c1ccc2c(c1)CCO2. The molecule has 0 aliphatic carbocycles. The molecule has 1 aromatic heterocycles. The molecule has 0 spiro atoms. The average Bonchev–Trinajstić information content (AvgIpc) is 3.29. The second-order valence-electron chi connectivity index (χ2n) is 5.50. The molecule has 126 valence electrons. The van der Waals surface area contributed by atoms with Crippen LogP contribution in [-0.2, 0) is 6.42 Å². The normalized spacial score (nSPS) is 12.5. The molecule has 0 unspecified atom stereocenters. The van der Waals surface area contributed by atoms with Crippen LogP contribution in [0.4, 0.5) is 10.8 Å². The highest BCUT2D eigenvalue weighted by atomic mass is 32.2. The first-order valence-electron chi connectivity index (χ1n) is 7.85. The van der Waals surface area contributed by atoms with Crippen LogP contribution < -0.4 is 10.1 Å². The van der Waals surface area contributed by atoms with E-state index >= 15 is 0 Å². The van der Waals surface area contributed by atoms with Gasteiger partial charge in [-0.2, -0.15) is 0 Å². The van der Waals surface area contributed by atoms with E-state index in [1.807, 2.05) is 48.5 Å². The van der Waals surface area contributed by atoms with Gasteiger partial charge in [0.2, 0.25) is 5.13 Å². The fourth-order valence-electron chi connectivity index (χ4n) is 2.53. The fourth-order valence-corrected chi connectivity index (χ4v) is 4.20. The number of nitrogens with one attached hydrogen (secondary N) is 1. The largest absolute Gasteiger partial charge is 0.493 e. The highest BCUT2D eigenvalue weighted by molar-refractivity contribution is 8.01. The number of carbonyl (C=O) groups excluding carboxylic acids is 1. The van der Waals surface area contributed by atoms with E-state index < -0.39 is 0 Å². The number of Topliss-reactive ketones (excluding diaryl/α,β-unsaturated/α-hetero) is 1. The summed E-state index contributed by atoms with van der Waals surface area (Å²) in [4.78, 5) is 12.4. The molecule has 0 amide bonds. The maximum Gasteiger partial charge on any atom is 0.210 e. The van der Waals surface area contributed by atoms with Crippen molar-refractivity contribution in [3.63, 3.8) is 0 Å². The zero-order chi connectivity index (χ0) is 17.1. The Morgan fingerprint density at radius 1 is 1.20 bits per heavy atom. The van der Waals surface area contributed by atoms with Crippen molar-refractivity contribution in [2.75, 3.05) is 17.7 Å². The van der Waals surface area contributed by atoms with Crippen LogP contribution in [0.15, 0.2) is 52.9 Å². The van der Waals surface area contributed by atoms with E-state index in [1.165, 1.54) is 23.1 Å². The van der Waals surface area contributed by atoms with Gasteiger partial charge in [-0.25, -0.2) is 0 Å². The van der Waals surface area contributed by atoms with Crippen molar-refractivity contribution in [1.29, 1.82) is 0 Å². The van der Waals surface area contributed by atoms with Gasteiger partial charge in [-0.15, -0.1) is 10.2 Å². The minimum Gasteiger partial charge on any atom is -0.493 e. The number of para-hydroxylation sites is 1. The Balaban J connectivity index is 1.36. The van der Waals surface area contributed by atoms with Gasteiger partial charge in [-0.1, -0.05) is 41.3 Å². The van der Waals surface area contributed by atoms with Crippen molar-refractivity contribution in [3.05, 3.63) is 59.7 Å². The third-order valence-electron chi connectivity index (χ3n) is 3.77. The summed E-state index contributed by atoms with van der Waals surface area (Å²) in [5, 5.41) is 12.2. The van der Waals surface area contributed by atoms with Crippen LogP contribution in [0.25, 0.3) is 0 Å². The summed E-state index contributed by atoms with van der Waals surface area (Å²) in [5.74, 6) is 1.33. The molecule has 0 radical (unpaired) electrons. The number of aromatic nitrogens is 2. The van der Waals surface area contributed by atoms with E-state index in [-0.39, 0.29) is 5.78 Å². The summed E-state index contributed by atoms with van der Waals surface area (Å²) in [6, 6.07) is 15.5. The highest BCUT2D eigenvalue weighted by Gasteiger charge is 2.16. The molecule has 0 atom stereocenters. The first kappa shape index (κ1) is 16.1. The smallest absolute Gasteiger partial charge is 0.210 e. The van der Waals surface area contributed by atoms with E-state index in [9.17, 15) is 4.79 Å². The van der Waals surface area contributed by atoms with Crippen LogP contribution >= 0.6 is 23.1 Å². The monoisotopic (exact) mass is 369 g/mol. The summed E-state index contributed by atoms with van der Waals surface area (Å²) in [6.07, 6.45) is 0.870. The number of hydrogen-bond donors (Lipinski definition) is 1. The summed E-state index contributed by atoms with van der Waals surface area (Å²) >= 11 is 2.85. The summed E-state index contributed by atoms with van der Waals surface area (Å²) in [6.45, 7) is 0.698. The predicted octanol–water partition coefficient (Wildman–Crippen LogP) is 4.19. The van der Waals surface area contributed by atoms with Gasteiger partial charge in [-0.05, 0) is 35.9 Å². The predicted molar refractivity (Wildman–Crippen MR) is 100 cm³/mol. The molecule has 0 saturated heterocycles. The fraction of sp³-hybridized carbons (Fsp3) is 0.167. The second kappa shape index (κ2) is 7.25. The molecule has 1 aliphatic heterocycles. The lowest BCUT2D eigenvalue weighted by atomic mass is 10.1. The lowest BCUT2D eigenvalue weighted by Crippen LogP contribution is -2.02. The first-order chi connectivity index (χ1) is 12.3. The molecule has 4 rings (SSSR count). The van der Waals surface area contributed by atoms with Crippen molar-refractivity contribution in [2.45, 2.75) is 10.8 Å². The van der Waals surface area contributed by atoms with Crippen molar-refractivity contribution in [1.82, 2.24) is 10.2 Å². The van der Waals surface area contributed by atoms with Gasteiger partial charge >= 0.3 is 0 Å². The molecule has 1 aliphatic rings. The van der Waals surface area contributed by atoms with Crippen molar-refractivity contribution in [2.24, 2.45) is 0 Å². The molecule has 7 heteroatoms. The van der Waals surface area contributed by atoms with Gasteiger partial charge in [0.1, 0.15) is 5.75 Å². The van der Waals surface area contributed by atoms with Gasteiger partial charge in [0.05, 0.1) is 12.4 Å².